The summed E-state index contributed by atoms with van der Waals surface area (Å²) in [6.45, 7) is 6.55. The van der Waals surface area contributed by atoms with E-state index in [1.165, 1.54) is 199 Å². The molecule has 0 radical (unpaired) electrons. The van der Waals surface area contributed by atoms with Gasteiger partial charge in [-0.05, 0) is 109 Å². The molecule has 0 heterocycles. The molecule has 0 aromatic rings. The lowest BCUT2D eigenvalue weighted by atomic mass is 10.0. The van der Waals surface area contributed by atoms with Crippen LogP contribution in [0.25, 0.3) is 0 Å². The second-order valence-corrected chi connectivity index (χ2v) is 22.3. The van der Waals surface area contributed by atoms with Crippen molar-refractivity contribution in [3.63, 3.8) is 0 Å². The number of rotatable bonds is 61. The molecule has 0 saturated heterocycles. The fourth-order valence-corrected chi connectivity index (χ4v) is 9.66. The molecule has 0 N–H and O–H groups in total. The molecule has 0 aliphatic heterocycles. The van der Waals surface area contributed by atoms with E-state index in [9.17, 15) is 14.4 Å². The van der Waals surface area contributed by atoms with E-state index in [0.29, 0.717) is 19.3 Å². The highest BCUT2D eigenvalue weighted by molar-refractivity contribution is 5.71. The van der Waals surface area contributed by atoms with Gasteiger partial charge in [-0.1, -0.05) is 286 Å². The van der Waals surface area contributed by atoms with Gasteiger partial charge in [0.15, 0.2) is 6.10 Å². The average Bonchev–Trinajstić information content (AvgIpc) is 3.43. The molecule has 6 nitrogen and oxygen atoms in total. The molecule has 0 aliphatic rings. The van der Waals surface area contributed by atoms with Gasteiger partial charge in [-0.2, -0.15) is 0 Å². The van der Waals surface area contributed by atoms with E-state index in [4.69, 9.17) is 14.2 Å². The Bertz CT molecular complexity index is 1420. The molecule has 77 heavy (non-hydrogen) atoms. The van der Waals surface area contributed by atoms with Crippen LogP contribution in [0.2, 0.25) is 0 Å². The summed E-state index contributed by atoms with van der Waals surface area (Å²) in [6.07, 6.45) is 84.9. The summed E-state index contributed by atoms with van der Waals surface area (Å²) in [5, 5.41) is 0. The maximum absolute atomic E-state index is 12.9. The van der Waals surface area contributed by atoms with Gasteiger partial charge < -0.3 is 14.2 Å². The zero-order valence-corrected chi connectivity index (χ0v) is 51.2. The van der Waals surface area contributed by atoms with Crippen molar-refractivity contribution in [3.8, 4) is 0 Å². The highest BCUT2D eigenvalue weighted by Gasteiger charge is 2.19. The summed E-state index contributed by atoms with van der Waals surface area (Å²) in [7, 11) is 0. The molecule has 446 valence electrons. The first-order valence-electron chi connectivity index (χ1n) is 33.4. The molecule has 0 bridgehead atoms. The first kappa shape index (κ1) is 73.8. The molecule has 0 saturated carbocycles. The number of esters is 3. The average molecular weight is 1080 g/mol. The predicted molar refractivity (Wildman–Crippen MR) is 335 cm³/mol. The number of carbonyl (C=O) groups is 3. The monoisotopic (exact) mass is 1070 g/mol. The van der Waals surface area contributed by atoms with Gasteiger partial charge in [-0.25, -0.2) is 0 Å². The molecule has 0 aromatic carbocycles. The van der Waals surface area contributed by atoms with Crippen molar-refractivity contribution in [1.82, 2.24) is 0 Å². The lowest BCUT2D eigenvalue weighted by molar-refractivity contribution is -0.167. The van der Waals surface area contributed by atoms with E-state index in [-0.39, 0.29) is 31.1 Å². The Labute approximate surface area is 478 Å². The quantitative estimate of drug-likeness (QED) is 0.0261. The number of allylic oxidation sites excluding steroid dienone is 12. The van der Waals surface area contributed by atoms with Crippen LogP contribution in [0.5, 0.6) is 0 Å². The van der Waals surface area contributed by atoms with E-state index >= 15 is 0 Å². The molecule has 0 spiro atoms. The smallest absolute Gasteiger partial charge is 0.306 e. The Morgan fingerprint density at radius 2 is 0.506 bits per heavy atom. The molecule has 1 unspecified atom stereocenters. The lowest BCUT2D eigenvalue weighted by Gasteiger charge is -2.18. The molecule has 1 atom stereocenters. The SMILES string of the molecule is CC/C=C\C/C=C\C/C=C\C/C=C\CCCCCCCCCCCCCCCCC(=O)OCC(COC(=O)CCCCCCC/C=C\CCCCCCCCC)OC(=O)CCCCCCC/C=C\CCCCCCCCC. The van der Waals surface area contributed by atoms with Crippen molar-refractivity contribution >= 4 is 17.9 Å². The molecular weight excluding hydrogens is 949 g/mol. The summed E-state index contributed by atoms with van der Waals surface area (Å²) in [5.41, 5.74) is 0. The van der Waals surface area contributed by atoms with Crippen LogP contribution in [0.3, 0.4) is 0 Å². The highest BCUT2D eigenvalue weighted by Crippen LogP contribution is 2.17. The maximum atomic E-state index is 12.9. The first-order chi connectivity index (χ1) is 38.0. The first-order valence-corrected chi connectivity index (χ1v) is 33.4. The van der Waals surface area contributed by atoms with Crippen LogP contribution in [0.1, 0.15) is 342 Å². The zero-order valence-electron chi connectivity index (χ0n) is 51.2. The number of carbonyl (C=O) groups excluding carboxylic acids is 3. The Kier molecular flexibility index (Phi) is 62.7. The standard InChI is InChI=1S/C71H126O6/c1-4-7-10-13-16-19-22-25-28-31-32-33-34-35-36-37-38-39-40-41-44-46-49-52-55-58-61-64-70(73)76-67-68(77-71(74)65-62-59-56-53-50-47-43-30-27-24-21-18-15-12-9-6-3)66-75-69(72)63-60-57-54-51-48-45-42-29-26-23-20-17-14-11-8-5-2/h7,10,16,19,25,28-30,32-33,42-43,68H,4-6,8-9,11-15,17-18,20-24,26-27,31,34-41,44-67H2,1-3H3/b10-7-,19-16-,28-25-,33-32-,42-29-,43-30-. The second-order valence-electron chi connectivity index (χ2n) is 22.3. The number of ether oxygens (including phenoxy) is 3. The van der Waals surface area contributed by atoms with Gasteiger partial charge in [-0.15, -0.1) is 0 Å². The minimum absolute atomic E-state index is 0.0789. The predicted octanol–water partition coefficient (Wildman–Crippen LogP) is 22.9. The molecule has 0 aliphatic carbocycles. The van der Waals surface area contributed by atoms with Crippen molar-refractivity contribution < 1.29 is 28.6 Å². The van der Waals surface area contributed by atoms with Crippen molar-refractivity contribution in [2.45, 2.75) is 348 Å². The normalized spacial score (nSPS) is 12.5. The third kappa shape index (κ3) is 63.6. The highest BCUT2D eigenvalue weighted by atomic mass is 16.6. The summed E-state index contributed by atoms with van der Waals surface area (Å²) in [4.78, 5) is 38.4. The Morgan fingerprint density at radius 1 is 0.273 bits per heavy atom. The van der Waals surface area contributed by atoms with E-state index < -0.39 is 6.10 Å². The Balaban J connectivity index is 4.29. The van der Waals surface area contributed by atoms with Gasteiger partial charge in [0, 0.05) is 19.3 Å². The Morgan fingerprint density at radius 3 is 0.805 bits per heavy atom. The fourth-order valence-electron chi connectivity index (χ4n) is 9.66. The van der Waals surface area contributed by atoms with Gasteiger partial charge in [-0.3, -0.25) is 14.4 Å². The van der Waals surface area contributed by atoms with Crippen LogP contribution < -0.4 is 0 Å². The fraction of sp³-hybridized carbons (Fsp3) is 0.789. The minimum atomic E-state index is -0.783. The molecule has 0 aromatic heterocycles. The molecule has 0 fully saturated rings. The molecule has 0 amide bonds. The van der Waals surface area contributed by atoms with Gasteiger partial charge >= 0.3 is 17.9 Å². The summed E-state index contributed by atoms with van der Waals surface area (Å²) < 4.78 is 16.9. The topological polar surface area (TPSA) is 78.9 Å². The van der Waals surface area contributed by atoms with Crippen molar-refractivity contribution in [1.29, 1.82) is 0 Å². The van der Waals surface area contributed by atoms with Gasteiger partial charge in [0.2, 0.25) is 0 Å². The molecule has 6 heteroatoms. The van der Waals surface area contributed by atoms with Gasteiger partial charge in [0.1, 0.15) is 13.2 Å². The number of hydrogen-bond donors (Lipinski definition) is 0. The van der Waals surface area contributed by atoms with E-state index in [1.54, 1.807) is 0 Å². The van der Waals surface area contributed by atoms with Gasteiger partial charge in [0.25, 0.3) is 0 Å². The summed E-state index contributed by atoms with van der Waals surface area (Å²) in [6, 6.07) is 0. The van der Waals surface area contributed by atoms with Crippen LogP contribution in [-0.2, 0) is 28.6 Å². The van der Waals surface area contributed by atoms with Crippen LogP contribution >= 0.6 is 0 Å². The van der Waals surface area contributed by atoms with Crippen molar-refractivity contribution in [2.24, 2.45) is 0 Å². The lowest BCUT2D eigenvalue weighted by Crippen LogP contribution is -2.30. The van der Waals surface area contributed by atoms with E-state index in [2.05, 4.69) is 93.7 Å². The van der Waals surface area contributed by atoms with Crippen LogP contribution in [-0.4, -0.2) is 37.2 Å². The van der Waals surface area contributed by atoms with E-state index in [0.717, 1.165) is 103 Å². The summed E-state index contributed by atoms with van der Waals surface area (Å²) in [5.74, 6) is -0.879. The maximum Gasteiger partial charge on any atom is 0.306 e. The third-order valence-corrected chi connectivity index (χ3v) is 14.7. The Hall–Kier alpha value is -3.15. The summed E-state index contributed by atoms with van der Waals surface area (Å²) >= 11 is 0. The largest absolute Gasteiger partial charge is 0.462 e. The number of hydrogen-bond acceptors (Lipinski definition) is 6. The van der Waals surface area contributed by atoms with Crippen LogP contribution in [0.15, 0.2) is 72.9 Å². The molecule has 0 rings (SSSR count). The van der Waals surface area contributed by atoms with Crippen LogP contribution in [0, 0.1) is 0 Å². The van der Waals surface area contributed by atoms with Crippen LogP contribution in [0.4, 0.5) is 0 Å². The van der Waals surface area contributed by atoms with E-state index in [1.807, 2.05) is 0 Å². The molecular formula is C71H126O6. The third-order valence-electron chi connectivity index (χ3n) is 14.7. The minimum Gasteiger partial charge on any atom is -0.462 e. The second kappa shape index (κ2) is 65.4. The van der Waals surface area contributed by atoms with Crippen molar-refractivity contribution in [2.75, 3.05) is 13.2 Å². The van der Waals surface area contributed by atoms with Crippen molar-refractivity contribution in [3.05, 3.63) is 72.9 Å². The van der Waals surface area contributed by atoms with Gasteiger partial charge in [0.05, 0.1) is 0 Å². The zero-order chi connectivity index (χ0) is 55.7. The number of unbranched alkanes of at least 4 members (excludes halogenated alkanes) is 38.